The number of rotatable bonds is 3. The Labute approximate surface area is 80.5 Å². The van der Waals surface area contributed by atoms with E-state index in [0.717, 1.165) is 5.44 Å². The van der Waals surface area contributed by atoms with Crippen LogP contribution >= 0.6 is 9.24 Å². The maximum absolute atomic E-state index is 10.5. The molecule has 0 aliphatic carbocycles. The normalized spacial score (nSPS) is 9.42. The van der Waals surface area contributed by atoms with Crippen molar-refractivity contribution in [3.63, 3.8) is 0 Å². The van der Waals surface area contributed by atoms with Gasteiger partial charge in [-0.25, -0.2) is 0 Å². The van der Waals surface area contributed by atoms with Gasteiger partial charge in [-0.15, -0.1) is 0 Å². The summed E-state index contributed by atoms with van der Waals surface area (Å²) < 4.78 is 1.31. The molecule has 1 amide bonds. The van der Waals surface area contributed by atoms with Crippen LogP contribution in [-0.4, -0.2) is 26.0 Å². The summed E-state index contributed by atoms with van der Waals surface area (Å²) in [7, 11) is 2.11. The maximum atomic E-state index is 10.5. The zero-order valence-electron chi connectivity index (χ0n) is 6.49. The second-order valence-corrected chi connectivity index (χ2v) is 4.87. The van der Waals surface area contributed by atoms with Gasteiger partial charge in [0.25, 0.3) is 0 Å². The van der Waals surface area contributed by atoms with Gasteiger partial charge < -0.3 is 0 Å². The molecule has 0 heterocycles. The van der Waals surface area contributed by atoms with Gasteiger partial charge >= 0.3 is 80.2 Å². The van der Waals surface area contributed by atoms with Crippen LogP contribution in [0.1, 0.15) is 0 Å². The molecule has 1 aromatic carbocycles. The van der Waals surface area contributed by atoms with Gasteiger partial charge in [-0.2, -0.15) is 0 Å². The van der Waals surface area contributed by atoms with Crippen molar-refractivity contribution in [1.29, 1.82) is 0 Å². The Kier molecular flexibility index (Phi) is 4.31. The molecule has 1 aromatic rings. The van der Waals surface area contributed by atoms with E-state index in [0.29, 0.717) is 15.0 Å². The molecule has 0 fully saturated rings. The van der Waals surface area contributed by atoms with Gasteiger partial charge in [0.1, 0.15) is 0 Å². The van der Waals surface area contributed by atoms with E-state index in [1.54, 1.807) is 0 Å². The first kappa shape index (κ1) is 9.73. The average Bonchev–Trinajstić information content (AvgIpc) is 2.05. The summed E-state index contributed by atoms with van der Waals surface area (Å²) in [6.07, 6.45) is 0. The summed E-state index contributed by atoms with van der Waals surface area (Å²) in [5, 5.41) is 2.75. The van der Waals surface area contributed by atoms with Crippen LogP contribution in [0.5, 0.6) is 0 Å². The van der Waals surface area contributed by atoms with Crippen LogP contribution in [0.3, 0.4) is 0 Å². The second kappa shape index (κ2) is 5.31. The van der Waals surface area contributed by atoms with Crippen molar-refractivity contribution in [2.24, 2.45) is 0 Å². The minimum atomic E-state index is -0.0344. The van der Waals surface area contributed by atoms with Gasteiger partial charge in [0, 0.05) is 0 Å². The van der Waals surface area contributed by atoms with Crippen molar-refractivity contribution in [2.75, 3.05) is 5.44 Å². The van der Waals surface area contributed by atoms with Crippen molar-refractivity contribution < 1.29 is 4.79 Å². The monoisotopic (exact) mass is 247 g/mol. The molecule has 4 heteroatoms. The third kappa shape index (κ3) is 3.87. The zero-order chi connectivity index (χ0) is 8.81. The molecule has 0 saturated carbocycles. The van der Waals surface area contributed by atoms with Crippen molar-refractivity contribution in [2.45, 2.75) is 0 Å². The summed E-state index contributed by atoms with van der Waals surface area (Å²) in [6.45, 7) is 0. The van der Waals surface area contributed by atoms with Crippen molar-refractivity contribution in [3.05, 3.63) is 30.3 Å². The Morgan fingerprint density at radius 3 is 2.67 bits per heavy atom. The Morgan fingerprint density at radius 2 is 2.08 bits per heavy atom. The molecular weight excluding hydrogens is 236 g/mol. The molecule has 0 spiro atoms. The van der Waals surface area contributed by atoms with E-state index >= 15 is 0 Å². The zero-order valence-corrected chi connectivity index (χ0v) is 9.36. The van der Waals surface area contributed by atoms with E-state index in [2.05, 4.69) is 26.7 Å². The van der Waals surface area contributed by atoms with Crippen LogP contribution in [-0.2, 0) is 0 Å². The summed E-state index contributed by atoms with van der Waals surface area (Å²) >= 11 is 0.355. The van der Waals surface area contributed by atoms with Gasteiger partial charge in [0.2, 0.25) is 0 Å². The first-order valence-electron chi connectivity index (χ1n) is 3.50. The van der Waals surface area contributed by atoms with Gasteiger partial charge in [0.15, 0.2) is 0 Å². The Balaban J connectivity index is 2.29. The first-order valence-corrected chi connectivity index (χ1v) is 6.15. The molecule has 0 aliphatic heterocycles. The summed E-state index contributed by atoms with van der Waals surface area (Å²) in [6, 6.07) is 10.2. The van der Waals surface area contributed by atoms with Gasteiger partial charge in [-0.05, 0) is 0 Å². The van der Waals surface area contributed by atoms with E-state index in [1.807, 2.05) is 18.2 Å². The summed E-state index contributed by atoms with van der Waals surface area (Å²) in [5.74, 6) is 0. The Bertz CT molecular complexity index is 252. The molecule has 1 N–H and O–H groups in total. The molecule has 0 aromatic heterocycles. The molecular formula is C8H10NOPSe. The fourth-order valence-electron chi connectivity index (χ4n) is 0.707. The number of nitrogens with one attached hydrogen (secondary N) is 1. The number of benzene rings is 1. The average molecular weight is 246 g/mol. The van der Waals surface area contributed by atoms with E-state index in [1.165, 1.54) is 4.46 Å². The quantitative estimate of drug-likeness (QED) is 0.612. The van der Waals surface area contributed by atoms with Crippen LogP contribution in [0.4, 0.5) is 4.79 Å². The van der Waals surface area contributed by atoms with Crippen LogP contribution in [0, 0.1) is 0 Å². The third-order valence-electron chi connectivity index (χ3n) is 1.23. The van der Waals surface area contributed by atoms with Crippen molar-refractivity contribution in [1.82, 2.24) is 5.32 Å². The summed E-state index contributed by atoms with van der Waals surface area (Å²) in [5.41, 5.74) is 0.729. The van der Waals surface area contributed by atoms with E-state index < -0.39 is 0 Å². The predicted molar refractivity (Wildman–Crippen MR) is 54.9 cm³/mol. The molecule has 12 heavy (non-hydrogen) atoms. The second-order valence-electron chi connectivity index (χ2n) is 2.14. The molecule has 64 valence electrons. The number of carbonyl (C=O) groups is 1. The van der Waals surface area contributed by atoms with Crippen molar-refractivity contribution in [3.8, 4) is 0 Å². The van der Waals surface area contributed by atoms with Gasteiger partial charge in [-0.3, -0.25) is 0 Å². The first-order chi connectivity index (χ1) is 5.79. The predicted octanol–water partition coefficient (Wildman–Crippen LogP) is 0.558. The fourth-order valence-corrected chi connectivity index (χ4v) is 2.67. The molecule has 1 rings (SSSR count). The van der Waals surface area contributed by atoms with E-state index in [-0.39, 0.29) is 5.65 Å². The number of hydrogen-bond acceptors (Lipinski definition) is 1. The Hall–Kier alpha value is -0.361. The van der Waals surface area contributed by atoms with Crippen LogP contribution in [0.25, 0.3) is 0 Å². The minimum absolute atomic E-state index is 0.0344. The van der Waals surface area contributed by atoms with Crippen molar-refractivity contribution >= 4 is 34.3 Å². The Morgan fingerprint density at radius 1 is 1.42 bits per heavy atom. The van der Waals surface area contributed by atoms with Crippen LogP contribution in [0.2, 0.25) is 0 Å². The molecule has 1 unspecified atom stereocenters. The van der Waals surface area contributed by atoms with Gasteiger partial charge in [0.05, 0.1) is 0 Å². The summed E-state index contributed by atoms with van der Waals surface area (Å²) in [4.78, 5) is 10.5. The third-order valence-corrected chi connectivity index (χ3v) is 3.31. The number of amides is 1. The fraction of sp³-hybridized carbons (Fsp3) is 0.125. The van der Waals surface area contributed by atoms with E-state index in [4.69, 9.17) is 0 Å². The topological polar surface area (TPSA) is 29.1 Å². The molecule has 0 saturated heterocycles. The molecule has 0 bridgehead atoms. The molecule has 1 atom stereocenters. The van der Waals surface area contributed by atoms with E-state index in [9.17, 15) is 4.79 Å². The molecule has 0 aliphatic rings. The molecule has 0 radical (unpaired) electrons. The van der Waals surface area contributed by atoms with Crippen LogP contribution < -0.4 is 9.78 Å². The SMILES string of the molecule is O=C(P)NC[Se]c1ccccc1. The molecule has 2 nitrogen and oxygen atoms in total. The van der Waals surface area contributed by atoms with Crippen LogP contribution in [0.15, 0.2) is 30.3 Å². The standard InChI is InChI=1S/C8H10NOPSe/c10-8(11)9-6-12-7-4-2-1-3-5-7/h1-5H,6,11H2,(H,9,10). The number of hydrogen-bond donors (Lipinski definition) is 1. The number of carbonyl (C=O) groups excluding carboxylic acids is 1. The van der Waals surface area contributed by atoms with Gasteiger partial charge in [-0.1, -0.05) is 0 Å².